The number of hydrogen-bond donors (Lipinski definition) is 2. The largest absolute Gasteiger partial charge is 0.447 e. The highest BCUT2D eigenvalue weighted by Crippen LogP contribution is 2.24. The summed E-state index contributed by atoms with van der Waals surface area (Å²) in [7, 11) is 0. The van der Waals surface area contributed by atoms with Crippen LogP contribution in [0.5, 0.6) is 0 Å². The Balaban J connectivity index is 1.88. The second kappa shape index (κ2) is 7.14. The average Bonchev–Trinajstić information content (AvgIpc) is 2.47. The Bertz CT molecular complexity index is 425. The summed E-state index contributed by atoms with van der Waals surface area (Å²) in [5.74, 6) is 0.813. The van der Waals surface area contributed by atoms with Crippen LogP contribution in [0.2, 0.25) is 0 Å². The lowest BCUT2D eigenvalue weighted by atomic mass is 9.99. The zero-order valence-corrected chi connectivity index (χ0v) is 11.8. The molecule has 1 aromatic carbocycles. The van der Waals surface area contributed by atoms with E-state index in [9.17, 15) is 4.79 Å². The van der Waals surface area contributed by atoms with Crippen LogP contribution in [0.1, 0.15) is 19.8 Å². The van der Waals surface area contributed by atoms with Crippen LogP contribution < -0.4 is 10.2 Å². The van der Waals surface area contributed by atoms with E-state index in [1.807, 2.05) is 24.3 Å². The zero-order chi connectivity index (χ0) is 14.4. The van der Waals surface area contributed by atoms with Gasteiger partial charge in [-0.25, -0.2) is 4.79 Å². The first-order valence-corrected chi connectivity index (χ1v) is 7.08. The van der Waals surface area contributed by atoms with Gasteiger partial charge >= 0.3 is 6.09 Å². The molecule has 0 spiro atoms. The predicted molar refractivity (Wildman–Crippen MR) is 79.1 cm³/mol. The van der Waals surface area contributed by atoms with E-state index in [0.717, 1.165) is 19.0 Å². The number of aliphatic hydroxyl groups is 1. The van der Waals surface area contributed by atoms with Crippen molar-refractivity contribution in [1.29, 1.82) is 0 Å². The van der Waals surface area contributed by atoms with Crippen molar-refractivity contribution in [3.8, 4) is 0 Å². The third-order valence-electron chi connectivity index (χ3n) is 3.59. The molecule has 1 aliphatic heterocycles. The number of aliphatic hydroxyl groups excluding tert-OH is 1. The van der Waals surface area contributed by atoms with Gasteiger partial charge in [0.05, 0.1) is 6.61 Å². The van der Waals surface area contributed by atoms with Crippen molar-refractivity contribution < 1.29 is 14.6 Å². The monoisotopic (exact) mass is 278 g/mol. The molecule has 1 heterocycles. The zero-order valence-electron chi connectivity index (χ0n) is 11.8. The van der Waals surface area contributed by atoms with Gasteiger partial charge in [-0.3, -0.25) is 5.32 Å². The number of carbonyl (C=O) groups is 1. The van der Waals surface area contributed by atoms with Crippen LogP contribution in [0.3, 0.4) is 0 Å². The number of amides is 1. The first-order chi connectivity index (χ1) is 9.69. The fourth-order valence-corrected chi connectivity index (χ4v) is 2.31. The molecule has 1 amide bonds. The maximum absolute atomic E-state index is 11.3. The molecule has 0 aliphatic carbocycles. The topological polar surface area (TPSA) is 61.8 Å². The quantitative estimate of drug-likeness (QED) is 0.888. The van der Waals surface area contributed by atoms with E-state index in [1.54, 1.807) is 0 Å². The fourth-order valence-electron chi connectivity index (χ4n) is 2.31. The Morgan fingerprint density at radius 3 is 2.60 bits per heavy atom. The van der Waals surface area contributed by atoms with Gasteiger partial charge in [-0.15, -0.1) is 0 Å². The van der Waals surface area contributed by atoms with Gasteiger partial charge in [0, 0.05) is 24.5 Å². The minimum Gasteiger partial charge on any atom is -0.447 e. The highest BCUT2D eigenvalue weighted by Gasteiger charge is 2.15. The second-order valence-electron chi connectivity index (χ2n) is 5.20. The minimum atomic E-state index is -0.543. The molecule has 0 saturated carbocycles. The molecule has 0 radical (unpaired) electrons. The van der Waals surface area contributed by atoms with Crippen molar-refractivity contribution in [2.75, 3.05) is 36.5 Å². The summed E-state index contributed by atoms with van der Waals surface area (Å²) in [6.07, 6.45) is 1.92. The summed E-state index contributed by atoms with van der Waals surface area (Å²) in [6, 6.07) is 7.76. The minimum absolute atomic E-state index is 0.00980. The van der Waals surface area contributed by atoms with Crippen LogP contribution in [0.4, 0.5) is 16.2 Å². The molecule has 1 saturated heterocycles. The lowest BCUT2D eigenvalue weighted by molar-refractivity contribution is 0.131. The van der Waals surface area contributed by atoms with Crippen molar-refractivity contribution in [2.45, 2.75) is 19.8 Å². The van der Waals surface area contributed by atoms with E-state index in [1.165, 1.54) is 18.5 Å². The summed E-state index contributed by atoms with van der Waals surface area (Å²) in [4.78, 5) is 13.7. The summed E-state index contributed by atoms with van der Waals surface area (Å²) in [6.45, 7) is 4.32. The lowest BCUT2D eigenvalue weighted by Gasteiger charge is -2.32. The number of benzene rings is 1. The standard InChI is InChI=1S/C15H22N2O3/c1-12-6-8-17(9-7-12)14-4-2-13(3-5-14)16-15(19)20-11-10-18/h2-5,12,18H,6-11H2,1H3,(H,16,19). The summed E-state index contributed by atoms with van der Waals surface area (Å²) in [5, 5.41) is 11.2. The van der Waals surface area contributed by atoms with E-state index < -0.39 is 6.09 Å². The first kappa shape index (κ1) is 14.7. The maximum atomic E-state index is 11.3. The van der Waals surface area contributed by atoms with Gasteiger partial charge in [-0.2, -0.15) is 0 Å². The predicted octanol–water partition coefficient (Wildman–Crippen LogP) is 2.46. The third kappa shape index (κ3) is 4.13. The molecule has 1 fully saturated rings. The molecular weight excluding hydrogens is 256 g/mol. The Morgan fingerprint density at radius 2 is 2.00 bits per heavy atom. The van der Waals surface area contributed by atoms with Crippen LogP contribution in [0, 0.1) is 5.92 Å². The molecule has 1 aromatic rings. The second-order valence-corrected chi connectivity index (χ2v) is 5.20. The van der Waals surface area contributed by atoms with Crippen LogP contribution in [-0.2, 0) is 4.74 Å². The molecule has 2 N–H and O–H groups in total. The molecule has 0 unspecified atom stereocenters. The van der Waals surface area contributed by atoms with Gasteiger partial charge in [0.1, 0.15) is 6.61 Å². The Labute approximate surface area is 119 Å². The molecule has 0 bridgehead atoms. The van der Waals surface area contributed by atoms with Gasteiger partial charge in [-0.05, 0) is 43.0 Å². The van der Waals surface area contributed by atoms with Crippen LogP contribution in [-0.4, -0.2) is 37.5 Å². The van der Waals surface area contributed by atoms with Crippen LogP contribution in [0.25, 0.3) is 0 Å². The number of rotatable bonds is 4. The average molecular weight is 278 g/mol. The van der Waals surface area contributed by atoms with Crippen molar-refractivity contribution >= 4 is 17.5 Å². The van der Waals surface area contributed by atoms with Gasteiger partial charge in [0.15, 0.2) is 0 Å². The van der Waals surface area contributed by atoms with E-state index in [4.69, 9.17) is 9.84 Å². The summed E-state index contributed by atoms with van der Waals surface area (Å²) >= 11 is 0. The number of anilines is 2. The smallest absolute Gasteiger partial charge is 0.411 e. The highest BCUT2D eigenvalue weighted by atomic mass is 16.6. The number of carbonyl (C=O) groups excluding carboxylic acids is 1. The SMILES string of the molecule is CC1CCN(c2ccc(NC(=O)OCCO)cc2)CC1. The first-order valence-electron chi connectivity index (χ1n) is 7.08. The van der Waals surface area contributed by atoms with Crippen molar-refractivity contribution in [1.82, 2.24) is 0 Å². The summed E-state index contributed by atoms with van der Waals surface area (Å²) < 4.78 is 4.74. The number of nitrogens with one attached hydrogen (secondary N) is 1. The molecule has 5 heteroatoms. The van der Waals surface area contributed by atoms with Crippen LogP contribution >= 0.6 is 0 Å². The van der Waals surface area contributed by atoms with Crippen molar-refractivity contribution in [3.05, 3.63) is 24.3 Å². The lowest BCUT2D eigenvalue weighted by Crippen LogP contribution is -2.32. The van der Waals surface area contributed by atoms with Gasteiger partial charge < -0.3 is 14.7 Å². The van der Waals surface area contributed by atoms with Gasteiger partial charge in [0.25, 0.3) is 0 Å². The Hall–Kier alpha value is -1.75. The summed E-state index contributed by atoms with van der Waals surface area (Å²) in [5.41, 5.74) is 1.88. The number of hydrogen-bond acceptors (Lipinski definition) is 4. The molecule has 0 atom stereocenters. The molecule has 20 heavy (non-hydrogen) atoms. The van der Waals surface area contributed by atoms with Gasteiger partial charge in [-0.1, -0.05) is 6.92 Å². The normalized spacial score (nSPS) is 16.0. The Morgan fingerprint density at radius 1 is 1.35 bits per heavy atom. The van der Waals surface area contributed by atoms with E-state index >= 15 is 0 Å². The van der Waals surface area contributed by atoms with E-state index in [0.29, 0.717) is 5.69 Å². The van der Waals surface area contributed by atoms with Crippen molar-refractivity contribution in [3.63, 3.8) is 0 Å². The van der Waals surface area contributed by atoms with Crippen LogP contribution in [0.15, 0.2) is 24.3 Å². The molecule has 0 aromatic heterocycles. The Kier molecular flexibility index (Phi) is 5.24. The maximum Gasteiger partial charge on any atom is 0.411 e. The van der Waals surface area contributed by atoms with E-state index in [-0.39, 0.29) is 13.2 Å². The molecular formula is C15H22N2O3. The molecule has 5 nitrogen and oxygen atoms in total. The molecule has 2 rings (SSSR count). The molecule has 1 aliphatic rings. The third-order valence-corrected chi connectivity index (χ3v) is 3.59. The number of nitrogens with zero attached hydrogens (tertiary/aromatic N) is 1. The van der Waals surface area contributed by atoms with Crippen molar-refractivity contribution in [2.24, 2.45) is 5.92 Å². The number of ether oxygens (including phenoxy) is 1. The van der Waals surface area contributed by atoms with E-state index in [2.05, 4.69) is 17.1 Å². The number of piperidine rings is 1. The molecule has 110 valence electrons. The fraction of sp³-hybridized carbons (Fsp3) is 0.533. The highest BCUT2D eigenvalue weighted by molar-refractivity contribution is 5.84. The van der Waals surface area contributed by atoms with Gasteiger partial charge in [0.2, 0.25) is 0 Å².